The van der Waals surface area contributed by atoms with Crippen LogP contribution in [0.2, 0.25) is 0 Å². The predicted octanol–water partition coefficient (Wildman–Crippen LogP) is 5.15. The fourth-order valence-electron chi connectivity index (χ4n) is 5.26. The van der Waals surface area contributed by atoms with Gasteiger partial charge in [0.2, 0.25) is 0 Å². The second kappa shape index (κ2) is 10.3. The minimum atomic E-state index is -0.402. The van der Waals surface area contributed by atoms with Crippen molar-refractivity contribution in [2.75, 3.05) is 20.6 Å². The Morgan fingerprint density at radius 3 is 2.49 bits per heavy atom. The number of nitrogens with one attached hydrogen (secondary N) is 1. The van der Waals surface area contributed by atoms with Gasteiger partial charge in [0.1, 0.15) is 18.1 Å². The molecule has 0 fully saturated rings. The molecule has 0 radical (unpaired) electrons. The van der Waals surface area contributed by atoms with Gasteiger partial charge in [-0.2, -0.15) is 0 Å². The number of aromatic nitrogens is 2. The first-order chi connectivity index (χ1) is 19.0. The summed E-state index contributed by atoms with van der Waals surface area (Å²) in [5.41, 5.74) is 4.45. The van der Waals surface area contributed by atoms with Gasteiger partial charge in [-0.05, 0) is 63.0 Å². The lowest BCUT2D eigenvalue weighted by molar-refractivity contribution is -0.122. The highest BCUT2D eigenvalue weighted by atomic mass is 16.5. The van der Waals surface area contributed by atoms with E-state index in [1.807, 2.05) is 89.8 Å². The van der Waals surface area contributed by atoms with E-state index < -0.39 is 5.91 Å². The van der Waals surface area contributed by atoms with Gasteiger partial charge in [0.25, 0.3) is 11.8 Å². The van der Waals surface area contributed by atoms with Crippen LogP contribution < -0.4 is 10.1 Å². The predicted molar refractivity (Wildman–Crippen MR) is 154 cm³/mol. The van der Waals surface area contributed by atoms with Gasteiger partial charge >= 0.3 is 0 Å². The highest BCUT2D eigenvalue weighted by Crippen LogP contribution is 2.36. The van der Waals surface area contributed by atoms with Gasteiger partial charge in [-0.1, -0.05) is 48.5 Å². The maximum Gasteiger partial charge on any atom is 0.275 e. The molecular formula is C32H30N4O3. The van der Waals surface area contributed by atoms with E-state index in [2.05, 4.69) is 34.9 Å². The van der Waals surface area contributed by atoms with Crippen LogP contribution >= 0.6 is 0 Å². The molecule has 196 valence electrons. The van der Waals surface area contributed by atoms with E-state index in [0.717, 1.165) is 58.2 Å². The average Bonchev–Trinajstić information content (AvgIpc) is 3.60. The van der Waals surface area contributed by atoms with Crippen LogP contribution in [0.1, 0.15) is 17.5 Å². The Hall–Kier alpha value is -4.62. The molecule has 0 bridgehead atoms. The smallest absolute Gasteiger partial charge is 0.275 e. The Morgan fingerprint density at radius 1 is 0.872 bits per heavy atom. The molecule has 1 N–H and O–H groups in total. The Bertz CT molecular complexity index is 1730. The molecule has 7 nitrogen and oxygen atoms in total. The zero-order valence-corrected chi connectivity index (χ0v) is 22.1. The zero-order chi connectivity index (χ0) is 26.9. The number of rotatable bonds is 9. The van der Waals surface area contributed by atoms with Crippen LogP contribution in [0.15, 0.2) is 91.3 Å². The van der Waals surface area contributed by atoms with Gasteiger partial charge in [0.05, 0.1) is 11.1 Å². The Morgan fingerprint density at radius 2 is 1.67 bits per heavy atom. The van der Waals surface area contributed by atoms with Gasteiger partial charge in [-0.25, -0.2) is 0 Å². The SMILES string of the molecule is CN(C)CCCn1cc(C2=C(n3ccc4cc(OCc5ccccc5)ccc43)C(=O)NC2=O)c2ccccc21. The first-order valence-electron chi connectivity index (χ1n) is 13.1. The van der Waals surface area contributed by atoms with Gasteiger partial charge in [-0.15, -0.1) is 0 Å². The number of carbonyl (C=O) groups excluding carboxylic acids is 2. The lowest BCUT2D eigenvalue weighted by Gasteiger charge is -2.10. The lowest BCUT2D eigenvalue weighted by atomic mass is 10.0. The quantitative estimate of drug-likeness (QED) is 0.274. The van der Waals surface area contributed by atoms with Crippen LogP contribution in [0.5, 0.6) is 5.75 Å². The van der Waals surface area contributed by atoms with Crippen molar-refractivity contribution >= 4 is 44.9 Å². The first kappa shape index (κ1) is 24.7. The third-order valence-electron chi connectivity index (χ3n) is 7.12. The molecular weight excluding hydrogens is 488 g/mol. The number of carbonyl (C=O) groups is 2. The number of ether oxygens (including phenoxy) is 1. The van der Waals surface area contributed by atoms with E-state index >= 15 is 0 Å². The Labute approximate surface area is 226 Å². The molecule has 0 atom stereocenters. The number of imide groups is 1. The van der Waals surface area contributed by atoms with Crippen LogP contribution in [-0.2, 0) is 22.7 Å². The molecule has 1 aliphatic heterocycles. The summed E-state index contributed by atoms with van der Waals surface area (Å²) in [5, 5.41) is 4.41. The molecule has 1 aliphatic rings. The molecule has 0 unspecified atom stereocenters. The first-order valence-corrected chi connectivity index (χ1v) is 13.1. The van der Waals surface area contributed by atoms with Gasteiger partial charge < -0.3 is 18.8 Å². The highest BCUT2D eigenvalue weighted by Gasteiger charge is 2.34. The maximum absolute atomic E-state index is 13.2. The van der Waals surface area contributed by atoms with Crippen LogP contribution in [0.25, 0.3) is 33.1 Å². The summed E-state index contributed by atoms with van der Waals surface area (Å²) in [6.07, 6.45) is 4.82. The molecule has 2 amide bonds. The van der Waals surface area contributed by atoms with E-state index in [9.17, 15) is 9.59 Å². The summed E-state index contributed by atoms with van der Waals surface area (Å²) in [6, 6.07) is 25.8. The average molecular weight is 519 g/mol. The molecule has 7 heteroatoms. The zero-order valence-electron chi connectivity index (χ0n) is 22.1. The molecule has 6 rings (SSSR count). The number of fused-ring (bicyclic) bond motifs is 2. The molecule has 5 aromatic rings. The van der Waals surface area contributed by atoms with Gasteiger partial charge in [-0.3, -0.25) is 14.9 Å². The van der Waals surface area contributed by atoms with Crippen molar-refractivity contribution in [2.45, 2.75) is 19.6 Å². The fraction of sp³-hybridized carbons (Fsp3) is 0.188. The van der Waals surface area contributed by atoms with Gasteiger partial charge in [0, 0.05) is 40.8 Å². The number of amides is 2. The summed E-state index contributed by atoms with van der Waals surface area (Å²) < 4.78 is 9.99. The lowest BCUT2D eigenvalue weighted by Crippen LogP contribution is -2.23. The number of aryl methyl sites for hydroxylation is 1. The summed E-state index contributed by atoms with van der Waals surface area (Å²) in [5.74, 6) is -0.0387. The van der Waals surface area contributed by atoms with Crippen molar-refractivity contribution in [3.63, 3.8) is 0 Å². The summed E-state index contributed by atoms with van der Waals surface area (Å²) in [6.45, 7) is 2.24. The Balaban J connectivity index is 1.39. The van der Waals surface area contributed by atoms with Gasteiger partial charge in [0.15, 0.2) is 0 Å². The van der Waals surface area contributed by atoms with Crippen LogP contribution in [-0.4, -0.2) is 46.5 Å². The molecule has 3 aromatic carbocycles. The van der Waals surface area contributed by atoms with E-state index in [-0.39, 0.29) is 5.91 Å². The van der Waals surface area contributed by atoms with Crippen LogP contribution in [0.3, 0.4) is 0 Å². The van der Waals surface area contributed by atoms with E-state index in [4.69, 9.17) is 4.74 Å². The van der Waals surface area contributed by atoms with E-state index in [1.165, 1.54) is 0 Å². The molecule has 0 aliphatic carbocycles. The number of nitrogens with zero attached hydrogens (tertiary/aromatic N) is 3. The second-order valence-electron chi connectivity index (χ2n) is 10.1. The molecule has 0 saturated heterocycles. The third kappa shape index (κ3) is 4.73. The van der Waals surface area contributed by atoms with E-state index in [1.54, 1.807) is 0 Å². The second-order valence-corrected chi connectivity index (χ2v) is 10.1. The highest BCUT2D eigenvalue weighted by molar-refractivity contribution is 6.47. The van der Waals surface area contributed by atoms with Crippen LogP contribution in [0, 0.1) is 0 Å². The topological polar surface area (TPSA) is 68.5 Å². The number of para-hydroxylation sites is 1. The van der Waals surface area contributed by atoms with Crippen molar-refractivity contribution in [3.8, 4) is 5.75 Å². The Kier molecular flexibility index (Phi) is 6.50. The molecule has 0 saturated carbocycles. The van der Waals surface area contributed by atoms with Crippen LogP contribution in [0.4, 0.5) is 0 Å². The molecule has 39 heavy (non-hydrogen) atoms. The minimum Gasteiger partial charge on any atom is -0.489 e. The van der Waals surface area contributed by atoms with Crippen molar-refractivity contribution in [3.05, 3.63) is 102 Å². The third-order valence-corrected chi connectivity index (χ3v) is 7.12. The van der Waals surface area contributed by atoms with Crippen molar-refractivity contribution in [2.24, 2.45) is 0 Å². The number of hydrogen-bond donors (Lipinski definition) is 1. The maximum atomic E-state index is 13.2. The molecule has 2 aromatic heterocycles. The number of hydrogen-bond acceptors (Lipinski definition) is 4. The number of benzene rings is 3. The van der Waals surface area contributed by atoms with E-state index in [0.29, 0.717) is 17.9 Å². The standard InChI is InChI=1S/C32H30N4O3/c1-34(2)16-8-17-35-20-26(25-11-6-7-12-28(25)35)29-30(32(38)33-31(29)37)36-18-15-23-19-24(13-14-27(23)36)39-21-22-9-4-3-5-10-22/h3-7,9-15,18-20H,8,16-17,21H2,1-2H3,(H,33,37,38). The van der Waals surface area contributed by atoms with Crippen molar-refractivity contribution in [1.29, 1.82) is 0 Å². The summed E-state index contributed by atoms with van der Waals surface area (Å²) in [7, 11) is 4.12. The normalized spacial score (nSPS) is 13.7. The minimum absolute atomic E-state index is 0.337. The fourth-order valence-corrected chi connectivity index (χ4v) is 5.26. The molecule has 3 heterocycles. The van der Waals surface area contributed by atoms with Crippen molar-refractivity contribution in [1.82, 2.24) is 19.4 Å². The monoisotopic (exact) mass is 518 g/mol. The molecule has 0 spiro atoms. The summed E-state index contributed by atoms with van der Waals surface area (Å²) in [4.78, 5) is 28.6. The van der Waals surface area contributed by atoms with Crippen molar-refractivity contribution < 1.29 is 14.3 Å². The summed E-state index contributed by atoms with van der Waals surface area (Å²) >= 11 is 0. The largest absolute Gasteiger partial charge is 0.489 e.